The molecule has 82 valence electrons. The van der Waals surface area contributed by atoms with Crippen molar-refractivity contribution < 1.29 is 13.2 Å². The first-order valence-corrected chi connectivity index (χ1v) is 4.68. The Bertz CT molecular complexity index is 522. The molecule has 1 aromatic carbocycles. The van der Waals surface area contributed by atoms with Crippen LogP contribution in [0.3, 0.4) is 0 Å². The van der Waals surface area contributed by atoms with E-state index in [9.17, 15) is 13.2 Å². The van der Waals surface area contributed by atoms with Crippen molar-refractivity contribution >= 4 is 10.9 Å². The van der Waals surface area contributed by atoms with Crippen molar-refractivity contribution in [1.82, 2.24) is 4.98 Å². The minimum Gasteiger partial charge on any atom is -0.348 e. The van der Waals surface area contributed by atoms with Crippen LogP contribution in [0.25, 0.3) is 10.9 Å². The second kappa shape index (κ2) is 3.93. The SMILES string of the molecule is FC(F)(F)CC#Cc1cc2ccccc2[nH]1. The molecule has 4 heteroatoms. The molecule has 1 N–H and O–H groups in total. The summed E-state index contributed by atoms with van der Waals surface area (Å²) >= 11 is 0. The van der Waals surface area contributed by atoms with Gasteiger partial charge in [0.15, 0.2) is 0 Å². The molecule has 0 radical (unpaired) electrons. The number of halogens is 3. The van der Waals surface area contributed by atoms with E-state index in [1.54, 1.807) is 6.07 Å². The molecule has 0 amide bonds. The lowest BCUT2D eigenvalue weighted by Crippen LogP contribution is -2.04. The number of aromatic nitrogens is 1. The maximum Gasteiger partial charge on any atom is 0.399 e. The number of H-pyrrole nitrogens is 1. The van der Waals surface area contributed by atoms with E-state index in [4.69, 9.17) is 0 Å². The van der Waals surface area contributed by atoms with Gasteiger partial charge in [0.1, 0.15) is 6.42 Å². The smallest absolute Gasteiger partial charge is 0.348 e. The summed E-state index contributed by atoms with van der Waals surface area (Å²) in [5.74, 6) is 4.56. The molecule has 0 atom stereocenters. The van der Waals surface area contributed by atoms with Crippen LogP contribution in [0.4, 0.5) is 13.2 Å². The third-order valence-corrected chi connectivity index (χ3v) is 2.04. The summed E-state index contributed by atoms with van der Waals surface area (Å²) in [6, 6.07) is 9.18. The summed E-state index contributed by atoms with van der Waals surface area (Å²) in [6.45, 7) is 0. The van der Waals surface area contributed by atoms with E-state index in [2.05, 4.69) is 16.8 Å². The van der Waals surface area contributed by atoms with Crippen LogP contribution in [0.15, 0.2) is 30.3 Å². The average molecular weight is 223 g/mol. The van der Waals surface area contributed by atoms with Gasteiger partial charge in [-0.3, -0.25) is 0 Å². The van der Waals surface area contributed by atoms with Crippen LogP contribution in [-0.2, 0) is 0 Å². The van der Waals surface area contributed by atoms with Crippen LogP contribution in [-0.4, -0.2) is 11.2 Å². The number of para-hydroxylation sites is 1. The predicted octanol–water partition coefficient (Wildman–Crippen LogP) is 3.47. The molecule has 0 aliphatic heterocycles. The first-order chi connectivity index (χ1) is 7.54. The van der Waals surface area contributed by atoms with Crippen molar-refractivity contribution in [2.24, 2.45) is 0 Å². The van der Waals surface area contributed by atoms with Gasteiger partial charge in [-0.15, -0.1) is 0 Å². The topological polar surface area (TPSA) is 15.8 Å². The van der Waals surface area contributed by atoms with Gasteiger partial charge in [-0.1, -0.05) is 24.1 Å². The molecule has 1 nitrogen and oxygen atoms in total. The average Bonchev–Trinajstić information content (AvgIpc) is 2.57. The van der Waals surface area contributed by atoms with E-state index in [1.807, 2.05) is 24.3 Å². The lowest BCUT2D eigenvalue weighted by atomic mass is 10.2. The van der Waals surface area contributed by atoms with E-state index >= 15 is 0 Å². The van der Waals surface area contributed by atoms with Gasteiger partial charge in [0.25, 0.3) is 0 Å². The highest BCUT2D eigenvalue weighted by atomic mass is 19.4. The van der Waals surface area contributed by atoms with Gasteiger partial charge in [-0.2, -0.15) is 13.2 Å². The van der Waals surface area contributed by atoms with Gasteiger partial charge >= 0.3 is 6.18 Å². The summed E-state index contributed by atoms with van der Waals surface area (Å²) in [7, 11) is 0. The van der Waals surface area contributed by atoms with Crippen molar-refractivity contribution in [3.63, 3.8) is 0 Å². The Morgan fingerprint density at radius 3 is 2.62 bits per heavy atom. The molecule has 0 unspecified atom stereocenters. The molecule has 0 aliphatic rings. The van der Waals surface area contributed by atoms with Crippen molar-refractivity contribution in [3.8, 4) is 11.8 Å². The fourth-order valence-corrected chi connectivity index (χ4v) is 1.38. The quantitative estimate of drug-likeness (QED) is 0.658. The summed E-state index contributed by atoms with van der Waals surface area (Å²) in [6.07, 6.45) is -5.30. The van der Waals surface area contributed by atoms with Gasteiger partial charge in [0.2, 0.25) is 0 Å². The Morgan fingerprint density at radius 1 is 1.19 bits per heavy atom. The van der Waals surface area contributed by atoms with Crippen LogP contribution in [0, 0.1) is 11.8 Å². The van der Waals surface area contributed by atoms with Gasteiger partial charge in [-0.05, 0) is 18.1 Å². The third-order valence-electron chi connectivity index (χ3n) is 2.04. The number of fused-ring (bicyclic) bond motifs is 1. The van der Waals surface area contributed by atoms with E-state index < -0.39 is 12.6 Å². The summed E-state index contributed by atoms with van der Waals surface area (Å²) in [5.41, 5.74) is 1.38. The van der Waals surface area contributed by atoms with Crippen LogP contribution < -0.4 is 0 Å². The van der Waals surface area contributed by atoms with Crippen molar-refractivity contribution in [3.05, 3.63) is 36.0 Å². The zero-order valence-corrected chi connectivity index (χ0v) is 8.23. The molecule has 1 aromatic heterocycles. The monoisotopic (exact) mass is 223 g/mol. The Balaban J connectivity index is 2.22. The predicted molar refractivity (Wildman–Crippen MR) is 55.8 cm³/mol. The van der Waals surface area contributed by atoms with Gasteiger partial charge < -0.3 is 4.98 Å². The maximum atomic E-state index is 11.9. The van der Waals surface area contributed by atoms with E-state index in [1.165, 1.54) is 0 Å². The Morgan fingerprint density at radius 2 is 1.94 bits per heavy atom. The molecular weight excluding hydrogens is 215 g/mol. The zero-order valence-electron chi connectivity index (χ0n) is 8.23. The normalized spacial score (nSPS) is 11.2. The van der Waals surface area contributed by atoms with E-state index in [0.717, 1.165) is 10.9 Å². The maximum absolute atomic E-state index is 11.9. The molecule has 0 fully saturated rings. The summed E-state index contributed by atoms with van der Waals surface area (Å²) in [5, 5.41) is 0.943. The first kappa shape index (κ1) is 10.6. The van der Waals surface area contributed by atoms with Gasteiger partial charge in [0.05, 0.1) is 5.69 Å². The van der Waals surface area contributed by atoms with Crippen LogP contribution in [0.1, 0.15) is 12.1 Å². The number of alkyl halides is 3. The van der Waals surface area contributed by atoms with E-state index in [0.29, 0.717) is 5.69 Å². The molecule has 1 heterocycles. The Hall–Kier alpha value is -1.89. The molecule has 0 spiro atoms. The molecule has 16 heavy (non-hydrogen) atoms. The van der Waals surface area contributed by atoms with Crippen molar-refractivity contribution in [2.45, 2.75) is 12.6 Å². The number of rotatable bonds is 0. The summed E-state index contributed by atoms with van der Waals surface area (Å²) in [4.78, 5) is 2.94. The highest BCUT2D eigenvalue weighted by molar-refractivity contribution is 5.81. The highest BCUT2D eigenvalue weighted by Crippen LogP contribution is 2.18. The Labute approximate surface area is 90.3 Å². The van der Waals surface area contributed by atoms with E-state index in [-0.39, 0.29) is 0 Å². The van der Waals surface area contributed by atoms with Crippen LogP contribution in [0.5, 0.6) is 0 Å². The van der Waals surface area contributed by atoms with Crippen LogP contribution in [0.2, 0.25) is 0 Å². The lowest BCUT2D eigenvalue weighted by molar-refractivity contribution is -0.123. The number of nitrogens with one attached hydrogen (secondary N) is 1. The number of benzene rings is 1. The first-order valence-electron chi connectivity index (χ1n) is 4.68. The molecule has 2 aromatic rings. The molecule has 2 rings (SSSR count). The third kappa shape index (κ3) is 2.57. The molecule has 0 saturated heterocycles. The fourth-order valence-electron chi connectivity index (χ4n) is 1.38. The number of hydrogen-bond donors (Lipinski definition) is 1. The second-order valence-electron chi connectivity index (χ2n) is 3.36. The fraction of sp³-hybridized carbons (Fsp3) is 0.167. The number of hydrogen-bond acceptors (Lipinski definition) is 0. The van der Waals surface area contributed by atoms with Crippen LogP contribution >= 0.6 is 0 Å². The molecule has 0 bridgehead atoms. The number of aromatic amines is 1. The molecule has 0 saturated carbocycles. The standard InChI is InChI=1S/C12H8F3N/c13-12(14,15)7-3-5-10-8-9-4-1-2-6-11(9)16-10/h1-2,4,6,8,16H,7H2. The highest BCUT2D eigenvalue weighted by Gasteiger charge is 2.25. The minimum atomic E-state index is -4.22. The summed E-state index contributed by atoms with van der Waals surface area (Å²) < 4.78 is 35.6. The largest absolute Gasteiger partial charge is 0.399 e. The minimum absolute atomic E-state index is 0.505. The zero-order chi connectivity index (χ0) is 11.6. The van der Waals surface area contributed by atoms with Gasteiger partial charge in [0, 0.05) is 10.9 Å². The lowest BCUT2D eigenvalue weighted by Gasteiger charge is -1.97. The van der Waals surface area contributed by atoms with Crippen molar-refractivity contribution in [2.75, 3.05) is 0 Å². The Kier molecular flexibility index (Phi) is 2.61. The molecular formula is C12H8F3N. The van der Waals surface area contributed by atoms with Crippen molar-refractivity contribution in [1.29, 1.82) is 0 Å². The molecule has 0 aliphatic carbocycles. The second-order valence-corrected chi connectivity index (χ2v) is 3.36. The van der Waals surface area contributed by atoms with Gasteiger partial charge in [-0.25, -0.2) is 0 Å².